The maximum absolute atomic E-state index is 10.9. The maximum Gasteiger partial charge on any atom is 0.161 e. The molecular formula is C7H10O2. The van der Waals surface area contributed by atoms with Gasteiger partial charge in [0, 0.05) is 6.42 Å². The lowest BCUT2D eigenvalue weighted by Crippen LogP contribution is -2.22. The van der Waals surface area contributed by atoms with E-state index in [1.54, 1.807) is 0 Å². The zero-order chi connectivity index (χ0) is 6.27. The number of rotatable bonds is 0. The summed E-state index contributed by atoms with van der Waals surface area (Å²) < 4.78 is 5.24. The van der Waals surface area contributed by atoms with Crippen LogP contribution in [0.2, 0.25) is 0 Å². The molecule has 2 heteroatoms. The van der Waals surface area contributed by atoms with Crippen LogP contribution in [0.4, 0.5) is 0 Å². The lowest BCUT2D eigenvalue weighted by Gasteiger charge is -2.13. The van der Waals surface area contributed by atoms with Crippen molar-refractivity contribution in [1.82, 2.24) is 0 Å². The first-order chi connectivity index (χ1) is 4.36. The smallest absolute Gasteiger partial charge is 0.161 e. The Bertz CT molecular complexity index is 142. The average molecular weight is 126 g/mol. The zero-order valence-electron chi connectivity index (χ0n) is 5.30. The molecule has 1 aliphatic heterocycles. The summed E-state index contributed by atoms with van der Waals surface area (Å²) in [7, 11) is 0. The Morgan fingerprint density at radius 2 is 2.44 bits per heavy atom. The monoisotopic (exact) mass is 126 g/mol. The topological polar surface area (TPSA) is 26.3 Å². The molecule has 2 atom stereocenters. The van der Waals surface area contributed by atoms with Gasteiger partial charge in [-0.3, -0.25) is 4.79 Å². The summed E-state index contributed by atoms with van der Waals surface area (Å²) in [6.07, 6.45) is 2.81. The first kappa shape index (κ1) is 5.42. The van der Waals surface area contributed by atoms with E-state index in [0.29, 0.717) is 11.7 Å². The van der Waals surface area contributed by atoms with Crippen LogP contribution in [-0.2, 0) is 9.53 Å². The first-order valence-corrected chi connectivity index (χ1v) is 3.50. The van der Waals surface area contributed by atoms with Crippen molar-refractivity contribution in [3.05, 3.63) is 0 Å². The summed E-state index contributed by atoms with van der Waals surface area (Å²) in [5.41, 5.74) is 0. The van der Waals surface area contributed by atoms with Crippen LogP contribution < -0.4 is 0 Å². The summed E-state index contributed by atoms with van der Waals surface area (Å²) in [4.78, 5) is 10.9. The largest absolute Gasteiger partial charge is 0.370 e. The van der Waals surface area contributed by atoms with Crippen molar-refractivity contribution in [2.75, 3.05) is 6.61 Å². The van der Waals surface area contributed by atoms with E-state index < -0.39 is 0 Å². The molecule has 2 fully saturated rings. The molecule has 2 nitrogen and oxygen atoms in total. The number of fused-ring (bicyclic) bond motifs is 2. The highest BCUT2D eigenvalue weighted by Gasteiger charge is 2.35. The normalized spacial score (nSPS) is 41.6. The van der Waals surface area contributed by atoms with Crippen molar-refractivity contribution in [2.45, 2.75) is 25.4 Å². The molecule has 2 bridgehead atoms. The molecule has 0 aromatic rings. The van der Waals surface area contributed by atoms with Crippen LogP contribution in [0.25, 0.3) is 0 Å². The number of hydrogen-bond acceptors (Lipinski definition) is 2. The van der Waals surface area contributed by atoms with E-state index in [0.717, 1.165) is 25.9 Å². The fourth-order valence-electron chi connectivity index (χ4n) is 1.62. The minimum Gasteiger partial charge on any atom is -0.370 e. The third-order valence-corrected chi connectivity index (χ3v) is 2.24. The molecule has 0 radical (unpaired) electrons. The molecule has 0 spiro atoms. The second kappa shape index (κ2) is 1.81. The number of Topliss-reactive ketones (excluding diaryl/α,β-unsaturated/α-hetero) is 1. The third-order valence-electron chi connectivity index (χ3n) is 2.24. The van der Waals surface area contributed by atoms with Gasteiger partial charge in [-0.15, -0.1) is 0 Å². The van der Waals surface area contributed by atoms with Crippen LogP contribution in [0.15, 0.2) is 0 Å². The fraction of sp³-hybridized carbons (Fsp3) is 0.857. The van der Waals surface area contributed by atoms with Crippen LogP contribution in [0.1, 0.15) is 19.3 Å². The van der Waals surface area contributed by atoms with E-state index in [1.165, 1.54) is 0 Å². The van der Waals surface area contributed by atoms with Crippen molar-refractivity contribution in [3.8, 4) is 0 Å². The van der Waals surface area contributed by atoms with E-state index in [2.05, 4.69) is 0 Å². The second-order valence-corrected chi connectivity index (χ2v) is 2.93. The number of carbonyl (C=O) groups is 1. The zero-order valence-corrected chi connectivity index (χ0v) is 5.30. The summed E-state index contributed by atoms with van der Waals surface area (Å²) >= 11 is 0. The van der Waals surface area contributed by atoms with Crippen LogP contribution >= 0.6 is 0 Å². The predicted octanol–water partition coefficient (Wildman–Crippen LogP) is 0.754. The minimum absolute atomic E-state index is 0.0104. The van der Waals surface area contributed by atoms with Crippen molar-refractivity contribution in [1.29, 1.82) is 0 Å². The van der Waals surface area contributed by atoms with Crippen molar-refractivity contribution in [2.24, 2.45) is 5.92 Å². The highest BCUT2D eigenvalue weighted by molar-refractivity contribution is 5.84. The lowest BCUT2D eigenvalue weighted by atomic mass is 9.90. The average Bonchev–Trinajstić information content (AvgIpc) is 2.25. The van der Waals surface area contributed by atoms with E-state index in [9.17, 15) is 4.79 Å². The van der Waals surface area contributed by atoms with Crippen LogP contribution in [0, 0.1) is 5.92 Å². The Morgan fingerprint density at radius 3 is 3.22 bits per heavy atom. The predicted molar refractivity (Wildman–Crippen MR) is 32.1 cm³/mol. The molecule has 50 valence electrons. The first-order valence-electron chi connectivity index (χ1n) is 3.50. The Morgan fingerprint density at radius 1 is 1.56 bits per heavy atom. The molecule has 9 heavy (non-hydrogen) atoms. The summed E-state index contributed by atoms with van der Waals surface area (Å²) in [6.45, 7) is 0.830. The summed E-state index contributed by atoms with van der Waals surface area (Å²) in [5, 5.41) is 0. The molecule has 1 aliphatic carbocycles. The number of ketones is 1. The molecule has 0 N–H and O–H groups in total. The van der Waals surface area contributed by atoms with Crippen LogP contribution in [0.5, 0.6) is 0 Å². The van der Waals surface area contributed by atoms with Crippen molar-refractivity contribution in [3.63, 3.8) is 0 Å². The fourth-order valence-corrected chi connectivity index (χ4v) is 1.62. The highest BCUT2D eigenvalue weighted by atomic mass is 16.5. The van der Waals surface area contributed by atoms with E-state index in [4.69, 9.17) is 4.74 Å². The molecule has 1 saturated carbocycles. The SMILES string of the molecule is O=C1CCC2COC1C2. The van der Waals surface area contributed by atoms with Gasteiger partial charge < -0.3 is 4.74 Å². The molecule has 1 heterocycles. The molecule has 0 aromatic carbocycles. The Balaban J connectivity index is 2.14. The molecule has 1 saturated heterocycles. The van der Waals surface area contributed by atoms with Gasteiger partial charge in [-0.25, -0.2) is 0 Å². The molecule has 2 aliphatic rings. The van der Waals surface area contributed by atoms with Crippen molar-refractivity contribution < 1.29 is 9.53 Å². The van der Waals surface area contributed by atoms with Gasteiger partial charge in [0.2, 0.25) is 0 Å². The van der Waals surface area contributed by atoms with Gasteiger partial charge in [0.1, 0.15) is 6.10 Å². The highest BCUT2D eigenvalue weighted by Crippen LogP contribution is 2.30. The quantitative estimate of drug-likeness (QED) is 0.479. The summed E-state index contributed by atoms with van der Waals surface area (Å²) in [6, 6.07) is 0. The molecule has 0 aromatic heterocycles. The van der Waals surface area contributed by atoms with Gasteiger partial charge >= 0.3 is 0 Å². The molecular weight excluding hydrogens is 116 g/mol. The summed E-state index contributed by atoms with van der Waals surface area (Å²) in [5.74, 6) is 1.02. The van der Waals surface area contributed by atoms with E-state index in [1.807, 2.05) is 0 Å². The van der Waals surface area contributed by atoms with Gasteiger partial charge in [-0.2, -0.15) is 0 Å². The van der Waals surface area contributed by atoms with Gasteiger partial charge in [0.05, 0.1) is 6.61 Å². The van der Waals surface area contributed by atoms with E-state index in [-0.39, 0.29) is 6.10 Å². The third kappa shape index (κ3) is 0.778. The molecule has 0 amide bonds. The lowest BCUT2D eigenvalue weighted by molar-refractivity contribution is -0.128. The van der Waals surface area contributed by atoms with Gasteiger partial charge in [-0.05, 0) is 18.8 Å². The standard InChI is InChI=1S/C7H10O2/c8-6-2-1-5-3-7(6)9-4-5/h5,7H,1-4H2. The van der Waals surface area contributed by atoms with E-state index >= 15 is 0 Å². The Hall–Kier alpha value is -0.370. The molecule has 2 rings (SSSR count). The second-order valence-electron chi connectivity index (χ2n) is 2.93. The number of carbonyl (C=O) groups excluding carboxylic acids is 1. The van der Waals surface area contributed by atoms with Gasteiger partial charge in [0.15, 0.2) is 5.78 Å². The van der Waals surface area contributed by atoms with Crippen molar-refractivity contribution >= 4 is 5.78 Å². The van der Waals surface area contributed by atoms with Crippen LogP contribution in [0.3, 0.4) is 0 Å². The Labute approximate surface area is 54.2 Å². The van der Waals surface area contributed by atoms with Gasteiger partial charge in [0.25, 0.3) is 0 Å². The maximum atomic E-state index is 10.9. The Kier molecular flexibility index (Phi) is 1.09. The number of ether oxygens (including phenoxy) is 1. The van der Waals surface area contributed by atoms with Gasteiger partial charge in [-0.1, -0.05) is 0 Å². The minimum atomic E-state index is -0.0104. The number of hydrogen-bond donors (Lipinski definition) is 0. The van der Waals surface area contributed by atoms with Crippen LogP contribution in [-0.4, -0.2) is 18.5 Å². The molecule has 2 unspecified atom stereocenters.